The molecule has 1 aromatic rings. The highest BCUT2D eigenvalue weighted by molar-refractivity contribution is 7.98. The molecule has 0 radical (unpaired) electrons. The quantitative estimate of drug-likeness (QED) is 0.814. The Labute approximate surface area is 102 Å². The third-order valence-corrected chi connectivity index (χ3v) is 3.78. The van der Waals surface area contributed by atoms with Crippen LogP contribution in [-0.4, -0.2) is 30.2 Å². The number of benzene rings is 1. The molecular weight excluding hydrogens is 218 g/mol. The predicted octanol–water partition coefficient (Wildman–Crippen LogP) is 2.68. The summed E-state index contributed by atoms with van der Waals surface area (Å²) in [4.78, 5) is 2.40. The van der Waals surface area contributed by atoms with Crippen molar-refractivity contribution in [1.82, 2.24) is 0 Å². The van der Waals surface area contributed by atoms with Gasteiger partial charge in [0.1, 0.15) is 0 Å². The minimum absolute atomic E-state index is 0.270. The van der Waals surface area contributed by atoms with Gasteiger partial charge in [-0.1, -0.05) is 18.2 Å². The summed E-state index contributed by atoms with van der Waals surface area (Å²) >= 11 is 1.90. The van der Waals surface area contributed by atoms with Gasteiger partial charge in [0.25, 0.3) is 0 Å². The summed E-state index contributed by atoms with van der Waals surface area (Å²) in [5.74, 6) is 1.21. The zero-order valence-electron chi connectivity index (χ0n) is 9.72. The van der Waals surface area contributed by atoms with Crippen molar-refractivity contribution in [2.45, 2.75) is 18.9 Å². The number of aliphatic hydroxyl groups excluding tert-OH is 1. The Morgan fingerprint density at radius 3 is 3.06 bits per heavy atom. The maximum Gasteiger partial charge on any atom is 0.0826 e. The van der Waals surface area contributed by atoms with Crippen LogP contribution in [0.4, 0.5) is 5.69 Å². The maximum atomic E-state index is 9.92. The Morgan fingerprint density at radius 2 is 2.25 bits per heavy atom. The van der Waals surface area contributed by atoms with Crippen molar-refractivity contribution in [3.05, 3.63) is 29.8 Å². The lowest BCUT2D eigenvalue weighted by Gasteiger charge is -2.33. The molecule has 0 fully saturated rings. The Balaban J connectivity index is 2.09. The molecule has 1 heterocycles. The zero-order chi connectivity index (χ0) is 11.4. The molecule has 0 aliphatic carbocycles. The Bertz CT molecular complexity index is 342. The second-order valence-electron chi connectivity index (χ2n) is 4.20. The van der Waals surface area contributed by atoms with Gasteiger partial charge in [0.15, 0.2) is 0 Å². The number of fused-ring (bicyclic) bond motifs is 1. The molecule has 3 heteroatoms. The first-order valence-electron chi connectivity index (χ1n) is 5.84. The topological polar surface area (TPSA) is 23.5 Å². The molecule has 2 rings (SSSR count). The molecule has 0 aromatic heterocycles. The average molecular weight is 237 g/mol. The highest BCUT2D eigenvalue weighted by Gasteiger charge is 2.22. The number of thioether (sulfide) groups is 1. The molecule has 0 saturated heterocycles. The molecule has 1 unspecified atom stereocenters. The lowest BCUT2D eigenvalue weighted by Crippen LogP contribution is -2.32. The number of aliphatic hydroxyl groups is 1. The molecule has 0 spiro atoms. The third kappa shape index (κ3) is 2.53. The number of hydrogen-bond donors (Lipinski definition) is 1. The molecular formula is C13H19NOS. The maximum absolute atomic E-state index is 9.92. The van der Waals surface area contributed by atoms with Crippen molar-refractivity contribution in [2.24, 2.45) is 0 Å². The summed E-state index contributed by atoms with van der Waals surface area (Å²) in [7, 11) is 0. The third-order valence-electron chi connectivity index (χ3n) is 3.09. The molecule has 1 N–H and O–H groups in total. The van der Waals surface area contributed by atoms with E-state index in [4.69, 9.17) is 0 Å². The van der Waals surface area contributed by atoms with Gasteiger partial charge in [0.2, 0.25) is 0 Å². The first kappa shape index (κ1) is 11.8. The van der Waals surface area contributed by atoms with Gasteiger partial charge >= 0.3 is 0 Å². The molecule has 0 saturated carbocycles. The molecule has 0 bridgehead atoms. The van der Waals surface area contributed by atoms with Crippen LogP contribution < -0.4 is 4.90 Å². The van der Waals surface area contributed by atoms with Crippen LogP contribution in [0.5, 0.6) is 0 Å². The van der Waals surface area contributed by atoms with E-state index >= 15 is 0 Å². The molecule has 16 heavy (non-hydrogen) atoms. The first-order valence-corrected chi connectivity index (χ1v) is 7.23. The molecule has 1 aliphatic heterocycles. The molecule has 88 valence electrons. The largest absolute Gasteiger partial charge is 0.388 e. The zero-order valence-corrected chi connectivity index (χ0v) is 10.5. The van der Waals surface area contributed by atoms with E-state index in [2.05, 4.69) is 23.3 Å². The van der Waals surface area contributed by atoms with E-state index < -0.39 is 0 Å². The van der Waals surface area contributed by atoms with Crippen LogP contribution >= 0.6 is 11.8 Å². The standard InChI is InChI=1S/C13H19NOS/c1-16-10-4-8-14-9-7-13(15)11-5-2-3-6-12(11)14/h2-3,5-6,13,15H,4,7-10H2,1H3. The number of rotatable bonds is 4. The van der Waals surface area contributed by atoms with Gasteiger partial charge in [0, 0.05) is 24.3 Å². The van der Waals surface area contributed by atoms with Crippen LogP contribution in [-0.2, 0) is 0 Å². The van der Waals surface area contributed by atoms with Crippen molar-refractivity contribution in [2.75, 3.05) is 30.0 Å². The van der Waals surface area contributed by atoms with Gasteiger partial charge in [-0.25, -0.2) is 0 Å². The fraction of sp³-hybridized carbons (Fsp3) is 0.538. The van der Waals surface area contributed by atoms with Gasteiger partial charge < -0.3 is 10.0 Å². The number of hydrogen-bond acceptors (Lipinski definition) is 3. The lowest BCUT2D eigenvalue weighted by atomic mass is 9.99. The Hall–Kier alpha value is -0.670. The van der Waals surface area contributed by atoms with E-state index in [1.165, 1.54) is 17.9 Å². The highest BCUT2D eigenvalue weighted by atomic mass is 32.2. The van der Waals surface area contributed by atoms with Crippen molar-refractivity contribution in [1.29, 1.82) is 0 Å². The van der Waals surface area contributed by atoms with Crippen molar-refractivity contribution < 1.29 is 5.11 Å². The fourth-order valence-corrected chi connectivity index (χ4v) is 2.66. The van der Waals surface area contributed by atoms with Crippen molar-refractivity contribution in [3.8, 4) is 0 Å². The second kappa shape index (κ2) is 5.60. The minimum atomic E-state index is -0.270. The summed E-state index contributed by atoms with van der Waals surface area (Å²) in [6.07, 6.45) is 3.95. The van der Waals surface area contributed by atoms with Crippen molar-refractivity contribution >= 4 is 17.4 Å². The van der Waals surface area contributed by atoms with E-state index in [9.17, 15) is 5.11 Å². The van der Waals surface area contributed by atoms with Crippen LogP contribution in [0, 0.1) is 0 Å². The van der Waals surface area contributed by atoms with Gasteiger partial charge in [-0.15, -0.1) is 0 Å². The lowest BCUT2D eigenvalue weighted by molar-refractivity contribution is 0.164. The van der Waals surface area contributed by atoms with Crippen LogP contribution in [0.2, 0.25) is 0 Å². The average Bonchev–Trinajstić information content (AvgIpc) is 2.33. The van der Waals surface area contributed by atoms with Gasteiger partial charge in [-0.2, -0.15) is 11.8 Å². The Kier molecular flexibility index (Phi) is 4.13. The van der Waals surface area contributed by atoms with Gasteiger partial charge in [-0.05, 0) is 30.9 Å². The van der Waals surface area contributed by atoms with Gasteiger partial charge in [0.05, 0.1) is 6.10 Å². The second-order valence-corrected chi connectivity index (χ2v) is 5.18. The SMILES string of the molecule is CSCCCN1CCC(O)c2ccccc21. The van der Waals surface area contributed by atoms with E-state index in [1.54, 1.807) is 0 Å². The summed E-state index contributed by atoms with van der Waals surface area (Å²) in [5, 5.41) is 9.92. The van der Waals surface area contributed by atoms with Crippen LogP contribution in [0.3, 0.4) is 0 Å². The summed E-state index contributed by atoms with van der Waals surface area (Å²) in [6.45, 7) is 2.08. The van der Waals surface area contributed by atoms with E-state index in [0.717, 1.165) is 25.1 Å². The minimum Gasteiger partial charge on any atom is -0.388 e. The van der Waals surface area contributed by atoms with Crippen LogP contribution in [0.1, 0.15) is 24.5 Å². The fourth-order valence-electron chi connectivity index (χ4n) is 2.24. The molecule has 1 atom stereocenters. The summed E-state index contributed by atoms with van der Waals surface area (Å²) < 4.78 is 0. The summed E-state index contributed by atoms with van der Waals surface area (Å²) in [6, 6.07) is 8.23. The molecule has 1 aliphatic rings. The van der Waals surface area contributed by atoms with Gasteiger partial charge in [-0.3, -0.25) is 0 Å². The van der Waals surface area contributed by atoms with Crippen LogP contribution in [0.25, 0.3) is 0 Å². The Morgan fingerprint density at radius 1 is 1.44 bits per heavy atom. The number of para-hydroxylation sites is 1. The molecule has 0 amide bonds. The van der Waals surface area contributed by atoms with Crippen LogP contribution in [0.15, 0.2) is 24.3 Å². The van der Waals surface area contributed by atoms with E-state index in [0.29, 0.717) is 0 Å². The predicted molar refractivity (Wildman–Crippen MR) is 71.2 cm³/mol. The van der Waals surface area contributed by atoms with E-state index in [-0.39, 0.29) is 6.10 Å². The van der Waals surface area contributed by atoms with Crippen molar-refractivity contribution in [3.63, 3.8) is 0 Å². The highest BCUT2D eigenvalue weighted by Crippen LogP contribution is 2.33. The number of nitrogens with zero attached hydrogens (tertiary/aromatic N) is 1. The summed E-state index contributed by atoms with van der Waals surface area (Å²) in [5.41, 5.74) is 2.32. The van der Waals surface area contributed by atoms with E-state index in [1.807, 2.05) is 23.9 Å². The smallest absolute Gasteiger partial charge is 0.0826 e. The molecule has 1 aromatic carbocycles. The normalized spacial score (nSPS) is 19.6. The first-order chi connectivity index (χ1) is 7.83. The molecule has 2 nitrogen and oxygen atoms in total. The monoisotopic (exact) mass is 237 g/mol. The number of anilines is 1.